The average Bonchev–Trinajstić information content (AvgIpc) is 3.12. The third-order valence-corrected chi connectivity index (χ3v) is 11.3. The zero-order valence-electron chi connectivity index (χ0n) is 35.5. The van der Waals surface area contributed by atoms with Crippen LogP contribution < -0.4 is 0 Å². The Morgan fingerprint density at radius 1 is 0.340 bits per heavy atom. The van der Waals surface area contributed by atoms with Crippen LogP contribution in [-0.2, 0) is 0 Å². The van der Waals surface area contributed by atoms with Gasteiger partial charge in [-0.3, -0.25) is 0 Å². The molecule has 0 aromatic carbocycles. The van der Waals surface area contributed by atoms with Crippen molar-refractivity contribution in [3.63, 3.8) is 0 Å². The minimum atomic E-state index is 0.105. The molecule has 0 aliphatic heterocycles. The number of hydrogen-bond acceptors (Lipinski definition) is 4. The zero-order valence-corrected chi connectivity index (χ0v) is 37.1. The van der Waals surface area contributed by atoms with Crippen molar-refractivity contribution in [1.82, 2.24) is 0 Å². The van der Waals surface area contributed by atoms with E-state index in [0.29, 0.717) is 30.7 Å². The lowest BCUT2D eigenvalue weighted by atomic mass is 10.1. The van der Waals surface area contributed by atoms with Crippen LogP contribution in [0, 0.1) is 0 Å². The van der Waals surface area contributed by atoms with E-state index in [1.807, 2.05) is 6.92 Å². The van der Waals surface area contributed by atoms with Crippen LogP contribution in [0.3, 0.4) is 0 Å². The van der Waals surface area contributed by atoms with Gasteiger partial charge in [0.15, 0.2) is 0 Å². The van der Waals surface area contributed by atoms with Crippen molar-refractivity contribution in [2.24, 2.45) is 0 Å². The molecular weight excluding hydrogens is 671 g/mol. The van der Waals surface area contributed by atoms with Crippen LogP contribution >= 0.6 is 23.2 Å². The number of halogens is 2. The summed E-state index contributed by atoms with van der Waals surface area (Å²) >= 11 is 11.2. The maximum Gasteiger partial charge on any atom is 0.102 e. The van der Waals surface area contributed by atoms with Crippen LogP contribution in [0.4, 0.5) is 0 Å². The lowest BCUT2D eigenvalue weighted by Crippen LogP contribution is -2.53. The monoisotopic (exact) mass is 765 g/mol. The van der Waals surface area contributed by atoms with Crippen LogP contribution in [-0.4, -0.2) is 182 Å². The Kier molecular flexibility index (Phi) is 44.4. The number of aliphatic hydroxyl groups is 4. The SMILES string of the molecule is CCCC[N+](CCCC)(CCCC)CCCC.CC[N+](CC)(CC)CCO.CC[N+](CCO)(CCO)CCO.C[N+](C)(CCCCl)CCCCl. The number of quaternary nitrogens is 4. The van der Waals surface area contributed by atoms with Crippen molar-refractivity contribution >= 4 is 23.2 Å². The first kappa shape index (κ1) is 57.0. The fourth-order valence-corrected chi connectivity index (χ4v) is 6.77. The van der Waals surface area contributed by atoms with Crippen molar-refractivity contribution in [2.75, 3.05) is 144 Å². The van der Waals surface area contributed by atoms with Gasteiger partial charge in [-0.1, -0.05) is 53.4 Å². The van der Waals surface area contributed by atoms with E-state index in [9.17, 15) is 0 Å². The maximum atomic E-state index is 8.81. The van der Waals surface area contributed by atoms with Crippen LogP contribution in [0.15, 0.2) is 0 Å². The van der Waals surface area contributed by atoms with Gasteiger partial charge in [-0.2, -0.15) is 0 Å². The Balaban J connectivity index is -0.000000289. The number of unbranched alkanes of at least 4 members (excludes halogenated alkanes) is 4. The molecule has 0 aromatic heterocycles. The van der Waals surface area contributed by atoms with E-state index in [1.165, 1.54) is 82.0 Å². The van der Waals surface area contributed by atoms with Crippen molar-refractivity contribution < 1.29 is 38.4 Å². The average molecular weight is 766 g/mol. The number of nitrogens with zero attached hydrogens (tertiary/aromatic N) is 4. The standard InChI is InChI=1S/C16H36N.C8H18Cl2N.C8H20NO3.C8H20NO/c1-5-9-13-17(14-10-6-2,15-11-7-3)16-12-8-4;1-11(2,7-3-5-9)8-4-6-10;1-2-9(3-6-10,4-7-11)5-8-12;1-4-9(5-2,6-3)7-8-10/h5-16H2,1-4H3;3-8H2,1-2H3;10-12H,2-8H2,1H3;10H,4-8H2,1-3H3/q4*+1. The molecular formula is C40H94Cl2N4O4+4. The Labute approximate surface area is 324 Å². The molecule has 0 rings (SSSR count). The molecule has 0 atom stereocenters. The summed E-state index contributed by atoms with van der Waals surface area (Å²) in [7, 11) is 4.44. The molecule has 0 aromatic rings. The first-order valence-electron chi connectivity index (χ1n) is 20.8. The van der Waals surface area contributed by atoms with Gasteiger partial charge < -0.3 is 38.4 Å². The highest BCUT2D eigenvalue weighted by Gasteiger charge is 2.25. The molecule has 0 amide bonds. The van der Waals surface area contributed by atoms with E-state index in [0.717, 1.165) is 79.4 Å². The van der Waals surface area contributed by atoms with E-state index >= 15 is 0 Å². The summed E-state index contributed by atoms with van der Waals surface area (Å²) in [6.45, 7) is 33.5. The highest BCUT2D eigenvalue weighted by molar-refractivity contribution is 6.18. The highest BCUT2D eigenvalue weighted by atomic mass is 35.5. The largest absolute Gasteiger partial charge is 0.391 e. The van der Waals surface area contributed by atoms with Gasteiger partial charge in [0.25, 0.3) is 0 Å². The third-order valence-electron chi connectivity index (χ3n) is 10.7. The second-order valence-corrected chi connectivity index (χ2v) is 15.6. The first-order valence-corrected chi connectivity index (χ1v) is 21.8. The Bertz CT molecular complexity index is 586. The van der Waals surface area contributed by atoms with Gasteiger partial charge in [0.05, 0.1) is 106 Å². The molecule has 0 unspecified atom stereocenters. The zero-order chi connectivity index (χ0) is 39.2. The molecule has 0 bridgehead atoms. The molecule has 0 spiro atoms. The summed E-state index contributed by atoms with van der Waals surface area (Å²) in [4.78, 5) is 0. The molecule has 0 aliphatic rings. The maximum absolute atomic E-state index is 8.81. The summed E-state index contributed by atoms with van der Waals surface area (Å²) in [6.07, 6.45) is 13.2. The van der Waals surface area contributed by atoms with Gasteiger partial charge in [-0.05, 0) is 53.4 Å². The van der Waals surface area contributed by atoms with Gasteiger partial charge in [0.2, 0.25) is 0 Å². The number of rotatable bonds is 30. The molecule has 0 fully saturated rings. The molecule has 0 aliphatic carbocycles. The fraction of sp³-hybridized carbons (Fsp3) is 1.00. The molecule has 50 heavy (non-hydrogen) atoms. The van der Waals surface area contributed by atoms with Crippen LogP contribution in [0.25, 0.3) is 0 Å². The molecule has 10 heteroatoms. The Morgan fingerprint density at radius 2 is 0.600 bits per heavy atom. The quantitative estimate of drug-likeness (QED) is 0.0471. The Morgan fingerprint density at radius 3 is 0.780 bits per heavy atom. The third kappa shape index (κ3) is 31.8. The fourth-order valence-electron chi connectivity index (χ4n) is 6.54. The van der Waals surface area contributed by atoms with E-state index in [1.54, 1.807) is 0 Å². The van der Waals surface area contributed by atoms with Gasteiger partial charge in [-0.25, -0.2) is 0 Å². The summed E-state index contributed by atoms with van der Waals surface area (Å²) in [5.74, 6) is 1.53. The normalized spacial score (nSPS) is 12.0. The van der Waals surface area contributed by atoms with Crippen molar-refractivity contribution in [2.45, 2.75) is 120 Å². The first-order chi connectivity index (χ1) is 23.8. The molecule has 0 radical (unpaired) electrons. The highest BCUT2D eigenvalue weighted by Crippen LogP contribution is 2.16. The van der Waals surface area contributed by atoms with Crippen molar-refractivity contribution in [3.05, 3.63) is 0 Å². The lowest BCUT2D eigenvalue weighted by molar-refractivity contribution is -0.929. The summed E-state index contributed by atoms with van der Waals surface area (Å²) in [6, 6.07) is 0. The van der Waals surface area contributed by atoms with Gasteiger partial charge in [0, 0.05) is 24.6 Å². The molecule has 4 N–H and O–H groups in total. The second kappa shape index (κ2) is 39.0. The van der Waals surface area contributed by atoms with E-state index < -0.39 is 0 Å². The van der Waals surface area contributed by atoms with E-state index in [2.05, 4.69) is 62.6 Å². The number of alkyl halides is 2. The predicted octanol–water partition coefficient (Wildman–Crippen LogP) is 6.98. The van der Waals surface area contributed by atoms with Gasteiger partial charge in [-0.15, -0.1) is 23.2 Å². The number of hydrogen-bond donors (Lipinski definition) is 4. The van der Waals surface area contributed by atoms with E-state index in [-0.39, 0.29) is 19.8 Å². The van der Waals surface area contributed by atoms with Gasteiger partial charge in [0.1, 0.15) is 26.2 Å². The van der Waals surface area contributed by atoms with Crippen LogP contribution in [0.5, 0.6) is 0 Å². The molecule has 8 nitrogen and oxygen atoms in total. The Hall–Kier alpha value is 0.260. The summed E-state index contributed by atoms with van der Waals surface area (Å²) in [5.41, 5.74) is 0. The number of likely N-dealkylation sites (N-methyl/N-ethyl adjacent to an activating group) is 2. The van der Waals surface area contributed by atoms with Crippen LogP contribution in [0.2, 0.25) is 0 Å². The molecule has 0 saturated carbocycles. The van der Waals surface area contributed by atoms with Gasteiger partial charge >= 0.3 is 0 Å². The topological polar surface area (TPSA) is 80.9 Å². The molecule has 0 saturated heterocycles. The van der Waals surface area contributed by atoms with Crippen molar-refractivity contribution in [1.29, 1.82) is 0 Å². The van der Waals surface area contributed by atoms with Crippen molar-refractivity contribution in [3.8, 4) is 0 Å². The predicted molar refractivity (Wildman–Crippen MR) is 222 cm³/mol. The number of aliphatic hydroxyl groups excluding tert-OH is 4. The molecule has 308 valence electrons. The van der Waals surface area contributed by atoms with Crippen LogP contribution in [0.1, 0.15) is 120 Å². The summed E-state index contributed by atoms with van der Waals surface area (Å²) in [5, 5.41) is 35.2. The van der Waals surface area contributed by atoms with E-state index in [4.69, 9.17) is 43.6 Å². The smallest absolute Gasteiger partial charge is 0.102 e. The molecule has 0 heterocycles. The second-order valence-electron chi connectivity index (χ2n) is 14.9. The summed E-state index contributed by atoms with van der Waals surface area (Å²) < 4.78 is 4.11. The lowest BCUT2D eigenvalue weighted by Gasteiger charge is -2.39. The minimum absolute atomic E-state index is 0.105. The minimum Gasteiger partial charge on any atom is -0.391 e.